The maximum Gasteiger partial charge on any atom is 0.335 e. The lowest BCUT2D eigenvalue weighted by atomic mass is 9.88. The average Bonchev–Trinajstić information content (AvgIpc) is 3.30. The summed E-state index contributed by atoms with van der Waals surface area (Å²) in [4.78, 5) is 19.5. The van der Waals surface area contributed by atoms with Gasteiger partial charge in [-0.15, -0.1) is 0 Å². The second-order valence-electron chi connectivity index (χ2n) is 10.1. The Labute approximate surface area is 211 Å². The minimum absolute atomic E-state index is 0.0730. The van der Waals surface area contributed by atoms with Crippen LogP contribution in [0.15, 0.2) is 42.6 Å². The molecule has 2 fully saturated rings. The standard InChI is InChI=1S/C27H33N3O5S/c1-17-12-25(35-2)23(22-8-10-28-26(17)22)16-29-11-9-20(30-14-21(15-30)36(3,33)34)13-24(29)18-4-6-19(7-5-18)27(31)32/h4-8,10,12,20-21,24,28H,9,11,13-16H2,1-3H3,(H,31,32)/t20-,24-/m0/s1. The van der Waals surface area contributed by atoms with Crippen LogP contribution in [0.3, 0.4) is 0 Å². The van der Waals surface area contributed by atoms with Crippen molar-refractivity contribution in [3.8, 4) is 5.75 Å². The van der Waals surface area contributed by atoms with E-state index in [1.165, 1.54) is 6.26 Å². The van der Waals surface area contributed by atoms with E-state index in [4.69, 9.17) is 4.74 Å². The van der Waals surface area contributed by atoms with Crippen molar-refractivity contribution in [2.24, 2.45) is 0 Å². The minimum atomic E-state index is -3.02. The summed E-state index contributed by atoms with van der Waals surface area (Å²) < 4.78 is 29.7. The van der Waals surface area contributed by atoms with Crippen molar-refractivity contribution in [1.82, 2.24) is 14.8 Å². The highest BCUT2D eigenvalue weighted by Gasteiger charge is 2.41. The van der Waals surface area contributed by atoms with Crippen LogP contribution in [0.1, 0.15) is 45.9 Å². The van der Waals surface area contributed by atoms with Gasteiger partial charge in [0.15, 0.2) is 9.84 Å². The van der Waals surface area contributed by atoms with Gasteiger partial charge in [0.2, 0.25) is 0 Å². The molecule has 5 rings (SSSR count). The smallest absolute Gasteiger partial charge is 0.335 e. The summed E-state index contributed by atoms with van der Waals surface area (Å²) in [6.45, 7) is 4.79. The van der Waals surface area contributed by atoms with Crippen LogP contribution in [0, 0.1) is 6.92 Å². The second-order valence-corrected chi connectivity index (χ2v) is 12.5. The van der Waals surface area contributed by atoms with E-state index in [1.807, 2.05) is 18.3 Å². The quantitative estimate of drug-likeness (QED) is 0.499. The first-order chi connectivity index (χ1) is 17.2. The van der Waals surface area contributed by atoms with E-state index in [0.29, 0.717) is 19.6 Å². The number of benzene rings is 2. The van der Waals surface area contributed by atoms with E-state index in [-0.39, 0.29) is 22.9 Å². The molecule has 2 N–H and O–H groups in total. The third kappa shape index (κ3) is 4.63. The predicted octanol–water partition coefficient (Wildman–Crippen LogP) is 3.62. The molecule has 8 nitrogen and oxygen atoms in total. The van der Waals surface area contributed by atoms with Crippen molar-refractivity contribution in [3.05, 3.63) is 64.8 Å². The first-order valence-corrected chi connectivity index (χ1v) is 14.2. The molecule has 2 aromatic carbocycles. The van der Waals surface area contributed by atoms with Crippen LogP contribution >= 0.6 is 0 Å². The summed E-state index contributed by atoms with van der Waals surface area (Å²) in [5.74, 6) is -0.0769. The number of aryl methyl sites for hydroxylation is 1. The number of aromatic nitrogens is 1. The maximum atomic E-state index is 11.9. The van der Waals surface area contributed by atoms with Gasteiger partial charge in [-0.2, -0.15) is 0 Å². The summed E-state index contributed by atoms with van der Waals surface area (Å²) in [5.41, 5.74) is 4.71. The Morgan fingerprint density at radius 3 is 2.56 bits per heavy atom. The van der Waals surface area contributed by atoms with Crippen molar-refractivity contribution >= 4 is 26.7 Å². The Kier molecular flexibility index (Phi) is 6.57. The number of hydrogen-bond donors (Lipinski definition) is 2. The van der Waals surface area contributed by atoms with Crippen LogP contribution in [-0.2, 0) is 16.4 Å². The molecule has 0 amide bonds. The number of sulfone groups is 1. The van der Waals surface area contributed by atoms with Crippen molar-refractivity contribution in [1.29, 1.82) is 0 Å². The van der Waals surface area contributed by atoms with E-state index in [0.717, 1.165) is 52.7 Å². The lowest BCUT2D eigenvalue weighted by molar-refractivity contribution is 0.0312. The zero-order valence-electron chi connectivity index (χ0n) is 20.9. The van der Waals surface area contributed by atoms with Gasteiger partial charge in [-0.25, -0.2) is 13.2 Å². The van der Waals surface area contributed by atoms with E-state index < -0.39 is 15.8 Å². The molecule has 192 valence electrons. The number of H-pyrrole nitrogens is 1. The number of aromatic amines is 1. The third-order valence-electron chi connectivity index (χ3n) is 7.92. The number of carbonyl (C=O) groups is 1. The highest BCUT2D eigenvalue weighted by Crippen LogP contribution is 2.39. The second kappa shape index (κ2) is 9.53. The lowest BCUT2D eigenvalue weighted by Gasteiger charge is -2.49. The third-order valence-corrected chi connectivity index (χ3v) is 9.43. The number of methoxy groups -OCH3 is 1. The molecule has 0 unspecified atom stereocenters. The van der Waals surface area contributed by atoms with Gasteiger partial charge >= 0.3 is 5.97 Å². The number of fused-ring (bicyclic) bond motifs is 1. The fourth-order valence-corrected chi connectivity index (χ4v) is 6.66. The first kappa shape index (κ1) is 24.8. The predicted molar refractivity (Wildman–Crippen MR) is 139 cm³/mol. The summed E-state index contributed by atoms with van der Waals surface area (Å²) in [6, 6.07) is 11.7. The van der Waals surface area contributed by atoms with Crippen LogP contribution in [0.25, 0.3) is 10.9 Å². The number of rotatable bonds is 7. The normalized spacial score (nSPS) is 22.0. The number of nitrogens with zero attached hydrogens (tertiary/aromatic N) is 2. The van der Waals surface area contributed by atoms with Crippen LogP contribution < -0.4 is 4.74 Å². The van der Waals surface area contributed by atoms with Crippen molar-refractivity contribution in [2.75, 3.05) is 33.0 Å². The van der Waals surface area contributed by atoms with Gasteiger partial charge in [0.25, 0.3) is 0 Å². The van der Waals surface area contributed by atoms with Crippen LogP contribution in [0.4, 0.5) is 0 Å². The number of piperidine rings is 1. The molecule has 1 aromatic heterocycles. The molecule has 3 heterocycles. The SMILES string of the molecule is COc1cc(C)c2[nH]ccc2c1CN1CC[C@H](N2CC(S(C)(=O)=O)C2)C[C@H]1c1ccc(C(=O)O)cc1. The Morgan fingerprint density at radius 1 is 1.19 bits per heavy atom. The zero-order chi connectivity index (χ0) is 25.6. The van der Waals surface area contributed by atoms with Crippen molar-refractivity contribution in [3.63, 3.8) is 0 Å². The fourth-order valence-electron chi connectivity index (χ4n) is 5.73. The van der Waals surface area contributed by atoms with Gasteiger partial charge in [-0.3, -0.25) is 9.80 Å². The maximum absolute atomic E-state index is 11.9. The average molecular weight is 512 g/mol. The molecule has 0 saturated carbocycles. The van der Waals surface area contributed by atoms with Gasteiger partial charge in [0.05, 0.1) is 17.9 Å². The van der Waals surface area contributed by atoms with Crippen molar-refractivity contribution in [2.45, 2.75) is 43.6 Å². The molecule has 0 radical (unpaired) electrons. The summed E-state index contributed by atoms with van der Waals surface area (Å²) in [7, 11) is -1.32. The number of hydrogen-bond acceptors (Lipinski definition) is 6. The summed E-state index contributed by atoms with van der Waals surface area (Å²) in [5, 5.41) is 10.2. The molecule has 0 spiro atoms. The molecule has 0 bridgehead atoms. The zero-order valence-corrected chi connectivity index (χ0v) is 21.7. The van der Waals surface area contributed by atoms with Crippen LogP contribution in [0.5, 0.6) is 5.75 Å². The molecule has 2 atom stereocenters. The number of nitrogens with one attached hydrogen (secondary N) is 1. The summed E-state index contributed by atoms with van der Waals surface area (Å²) >= 11 is 0. The Bertz CT molecular complexity index is 1380. The number of likely N-dealkylation sites (tertiary alicyclic amines) is 2. The van der Waals surface area contributed by atoms with E-state index in [2.05, 4.69) is 33.8 Å². The molecule has 0 aliphatic carbocycles. The summed E-state index contributed by atoms with van der Waals surface area (Å²) in [6.07, 6.45) is 5.08. The van der Waals surface area contributed by atoms with E-state index in [1.54, 1.807) is 19.2 Å². The fraction of sp³-hybridized carbons (Fsp3) is 0.444. The molecule has 2 aliphatic heterocycles. The van der Waals surface area contributed by atoms with E-state index >= 15 is 0 Å². The highest BCUT2D eigenvalue weighted by atomic mass is 32.2. The largest absolute Gasteiger partial charge is 0.496 e. The Balaban J connectivity index is 1.44. The van der Waals surface area contributed by atoms with Gasteiger partial charge in [-0.05, 0) is 55.2 Å². The monoisotopic (exact) mass is 511 g/mol. The minimum Gasteiger partial charge on any atom is -0.496 e. The number of ether oxygens (including phenoxy) is 1. The molecule has 2 saturated heterocycles. The molecular formula is C27H33N3O5S. The molecule has 3 aromatic rings. The van der Waals surface area contributed by atoms with Crippen LogP contribution in [-0.4, -0.2) is 78.6 Å². The molecule has 36 heavy (non-hydrogen) atoms. The van der Waals surface area contributed by atoms with Gasteiger partial charge in [-0.1, -0.05) is 12.1 Å². The highest BCUT2D eigenvalue weighted by molar-refractivity contribution is 7.91. The molecular weight excluding hydrogens is 478 g/mol. The number of carboxylic acid groups (broad SMARTS) is 1. The number of carboxylic acids is 1. The molecule has 9 heteroatoms. The Hall–Kier alpha value is -2.88. The number of aromatic carboxylic acids is 1. The topological polar surface area (TPSA) is 103 Å². The Morgan fingerprint density at radius 2 is 1.92 bits per heavy atom. The van der Waals surface area contributed by atoms with Crippen molar-refractivity contribution < 1.29 is 23.1 Å². The van der Waals surface area contributed by atoms with Gasteiger partial charge < -0.3 is 14.8 Å². The van der Waals surface area contributed by atoms with E-state index in [9.17, 15) is 18.3 Å². The van der Waals surface area contributed by atoms with Gasteiger partial charge in [0, 0.05) is 67.2 Å². The van der Waals surface area contributed by atoms with Gasteiger partial charge in [0.1, 0.15) is 5.75 Å². The lowest BCUT2D eigenvalue weighted by Crippen LogP contribution is -2.60. The molecule has 2 aliphatic rings. The first-order valence-electron chi connectivity index (χ1n) is 12.3. The van der Waals surface area contributed by atoms with Crippen LogP contribution in [0.2, 0.25) is 0 Å².